The summed E-state index contributed by atoms with van der Waals surface area (Å²) in [6.07, 6.45) is 9.39. The molecular weight excluding hydrogens is 668 g/mol. The molecule has 3 saturated carbocycles. The summed E-state index contributed by atoms with van der Waals surface area (Å²) in [7, 11) is 1.77. The monoisotopic (exact) mass is 696 g/mol. The van der Waals surface area contributed by atoms with Gasteiger partial charge in [0.1, 0.15) is 5.82 Å². The molecule has 3 fully saturated rings. The van der Waals surface area contributed by atoms with Crippen LogP contribution in [0.15, 0.2) is 12.1 Å². The maximum absolute atomic E-state index is 14.2. The Hall–Kier alpha value is -0.228. The number of benzene rings is 1. The van der Waals surface area contributed by atoms with E-state index in [9.17, 15) is 9.18 Å². The van der Waals surface area contributed by atoms with Crippen LogP contribution >= 0.6 is 23.2 Å². The molecular formula is C21H29Cl2FN4O2U. The normalized spacial score (nSPS) is 24.5. The maximum atomic E-state index is 14.2. The Labute approximate surface area is 217 Å². The quantitative estimate of drug-likeness (QED) is 0.386. The predicted octanol–water partition coefficient (Wildman–Crippen LogP) is 5.69. The summed E-state index contributed by atoms with van der Waals surface area (Å²) < 4.78 is 14.2. The molecule has 170 valence electrons. The second kappa shape index (κ2) is 13.5. The minimum Gasteiger partial charge on any atom is -0.658 e. The fourth-order valence-corrected chi connectivity index (χ4v) is 5.38. The van der Waals surface area contributed by atoms with E-state index in [1.54, 1.807) is 7.05 Å². The van der Waals surface area contributed by atoms with Gasteiger partial charge in [-0.15, -0.1) is 0 Å². The molecule has 2 bridgehead atoms. The van der Waals surface area contributed by atoms with Crippen molar-refractivity contribution < 1.29 is 40.3 Å². The first-order chi connectivity index (χ1) is 14.4. The van der Waals surface area contributed by atoms with Crippen molar-refractivity contribution in [2.45, 2.75) is 63.5 Å². The number of rotatable bonds is 5. The standard InChI is InChI=1S/C15H17Cl2FN.C6H12N2O.NO.U/c1-19-14(15-6-4-9(8-15)5-7-15)12-11(18)3-2-10(16)13(12)17;7-4-6(9)8-5-2-1-3-5;1-2;/h2-3,9,14H,4-8H2,1H3;5H,1-4,7H2,(H,8,9);;/q-1;;-1;+2. The number of nitroso groups, excluding NO2 is 1. The van der Waals surface area contributed by atoms with Crippen molar-refractivity contribution in [3.05, 3.63) is 49.4 Å². The molecule has 3 aliphatic carbocycles. The molecule has 0 spiro atoms. The molecule has 0 aromatic heterocycles. The van der Waals surface area contributed by atoms with E-state index in [2.05, 4.69) is 10.6 Å². The first kappa shape index (κ1) is 28.8. The largest absolute Gasteiger partial charge is 2.00 e. The molecule has 3 N–H and O–H groups in total. The van der Waals surface area contributed by atoms with Gasteiger partial charge in [0.15, 0.2) is 0 Å². The smallest absolute Gasteiger partial charge is 0.658 e. The van der Waals surface area contributed by atoms with Crippen molar-refractivity contribution in [3.63, 3.8) is 0 Å². The minimum atomic E-state index is -0.283. The van der Waals surface area contributed by atoms with E-state index in [0.717, 1.165) is 38.0 Å². The molecule has 0 heterocycles. The van der Waals surface area contributed by atoms with Crippen LogP contribution in [0.25, 0.3) is 10.9 Å². The molecule has 4 rings (SSSR count). The van der Waals surface area contributed by atoms with Crippen LogP contribution in [0, 0.1) is 53.2 Å². The number of carbonyl (C=O) groups is 1. The van der Waals surface area contributed by atoms with Crippen LogP contribution in [0.4, 0.5) is 4.39 Å². The van der Waals surface area contributed by atoms with Gasteiger partial charge in [0.25, 0.3) is 0 Å². The number of nitrogens with two attached hydrogens (primary N) is 1. The maximum Gasteiger partial charge on any atom is 2.00 e. The molecule has 0 saturated heterocycles. The van der Waals surface area contributed by atoms with Gasteiger partial charge in [0, 0.05) is 6.04 Å². The number of nitrogens with one attached hydrogen (secondary N) is 1. The molecule has 6 nitrogen and oxygen atoms in total. The minimum absolute atomic E-state index is 0. The molecule has 1 aromatic carbocycles. The number of hydrogen-bond donors (Lipinski definition) is 2. The third-order valence-electron chi connectivity index (χ3n) is 6.64. The number of carbonyl (C=O) groups excluding carboxylic acids is 1. The van der Waals surface area contributed by atoms with E-state index in [1.165, 1.54) is 31.4 Å². The first-order valence-corrected chi connectivity index (χ1v) is 11.1. The average Bonchev–Trinajstić information content (AvgIpc) is 3.34. The van der Waals surface area contributed by atoms with E-state index in [-0.39, 0.29) is 60.8 Å². The molecule has 1 unspecified atom stereocenters. The molecule has 1 aromatic rings. The summed E-state index contributed by atoms with van der Waals surface area (Å²) in [6.45, 7) is 0.122. The second-order valence-corrected chi connectivity index (χ2v) is 9.11. The summed E-state index contributed by atoms with van der Waals surface area (Å²) in [5, 5.41) is 8.04. The zero-order valence-electron chi connectivity index (χ0n) is 17.7. The molecule has 1 atom stereocenters. The third-order valence-corrected chi connectivity index (χ3v) is 7.46. The number of nitrogens with zero attached hydrogens (tertiary/aromatic N) is 2. The Morgan fingerprint density at radius 1 is 1.29 bits per heavy atom. The summed E-state index contributed by atoms with van der Waals surface area (Å²) in [5.74, 6) is 0.486. The van der Waals surface area contributed by atoms with E-state index in [1.807, 2.05) is 0 Å². The van der Waals surface area contributed by atoms with Gasteiger partial charge in [-0.05, 0) is 80.4 Å². The Balaban J connectivity index is 0.000000340. The van der Waals surface area contributed by atoms with Crippen molar-refractivity contribution in [1.82, 2.24) is 5.32 Å². The van der Waals surface area contributed by atoms with Crippen LogP contribution in [0.3, 0.4) is 0 Å². The molecule has 1 amide bonds. The summed E-state index contributed by atoms with van der Waals surface area (Å²) in [5.41, 5.74) is 11.4. The second-order valence-electron chi connectivity index (χ2n) is 8.33. The van der Waals surface area contributed by atoms with Gasteiger partial charge in [-0.25, -0.2) is 4.39 Å². The van der Waals surface area contributed by atoms with Gasteiger partial charge in [-0.3, -0.25) is 4.79 Å². The van der Waals surface area contributed by atoms with Gasteiger partial charge < -0.3 is 26.9 Å². The van der Waals surface area contributed by atoms with E-state index < -0.39 is 0 Å². The van der Waals surface area contributed by atoms with Gasteiger partial charge in [-0.2, -0.15) is 7.05 Å². The number of halogens is 3. The van der Waals surface area contributed by atoms with Crippen LogP contribution < -0.4 is 11.1 Å². The summed E-state index contributed by atoms with van der Waals surface area (Å²) >= 11 is 12.3. The number of amides is 1. The Morgan fingerprint density at radius 3 is 2.32 bits per heavy atom. The Bertz CT molecular complexity index is 732. The predicted molar refractivity (Wildman–Crippen MR) is 119 cm³/mol. The van der Waals surface area contributed by atoms with Gasteiger partial charge >= 0.3 is 31.1 Å². The topological polar surface area (TPSA) is 109 Å². The fraction of sp³-hybridized carbons (Fsp3) is 0.667. The molecule has 0 aliphatic heterocycles. The van der Waals surface area contributed by atoms with Crippen molar-refractivity contribution in [3.8, 4) is 0 Å². The zero-order chi connectivity index (χ0) is 22.3. The van der Waals surface area contributed by atoms with Crippen LogP contribution in [-0.4, -0.2) is 25.5 Å². The van der Waals surface area contributed by atoms with Crippen LogP contribution in [0.2, 0.25) is 10.0 Å². The van der Waals surface area contributed by atoms with E-state index in [4.69, 9.17) is 39.4 Å². The Morgan fingerprint density at radius 2 is 1.90 bits per heavy atom. The summed E-state index contributed by atoms with van der Waals surface area (Å²) in [4.78, 5) is 17.8. The number of hydrogen-bond acceptors (Lipinski definition) is 3. The van der Waals surface area contributed by atoms with E-state index >= 15 is 0 Å². The molecule has 10 heteroatoms. The zero-order valence-corrected chi connectivity index (χ0v) is 23.3. The summed E-state index contributed by atoms with van der Waals surface area (Å²) in [6, 6.07) is 3.19. The average molecular weight is 697 g/mol. The number of fused-ring (bicyclic) bond motifs is 2. The fourth-order valence-electron chi connectivity index (χ4n) is 4.96. The van der Waals surface area contributed by atoms with Gasteiger partial charge in [-0.1, -0.05) is 29.2 Å². The van der Waals surface area contributed by atoms with Crippen LogP contribution in [-0.2, 0) is 4.79 Å². The van der Waals surface area contributed by atoms with Crippen molar-refractivity contribution >= 4 is 29.1 Å². The molecule has 31 heavy (non-hydrogen) atoms. The Kier molecular flexibility index (Phi) is 12.5. The van der Waals surface area contributed by atoms with E-state index in [0.29, 0.717) is 21.7 Å². The van der Waals surface area contributed by atoms with Crippen molar-refractivity contribution in [1.29, 1.82) is 0 Å². The molecule has 3 aliphatic rings. The third kappa shape index (κ3) is 6.88. The van der Waals surface area contributed by atoms with Crippen molar-refractivity contribution in [2.75, 3.05) is 13.6 Å². The van der Waals surface area contributed by atoms with Crippen LogP contribution in [0.1, 0.15) is 63.0 Å². The SMILES string of the molecule is C[N-]C(c1c(F)ccc(Cl)c1Cl)C12CCC(CC1)C2.NCC(=O)NC1CCC1.[N-]=O.[U+2]. The first-order valence-electron chi connectivity index (χ1n) is 10.3. The van der Waals surface area contributed by atoms with Gasteiger partial charge in [0.05, 0.1) is 16.6 Å². The van der Waals surface area contributed by atoms with Crippen molar-refractivity contribution in [2.24, 2.45) is 17.1 Å². The molecule has 0 radical (unpaired) electrons. The van der Waals surface area contributed by atoms with Crippen LogP contribution in [0.5, 0.6) is 0 Å². The van der Waals surface area contributed by atoms with Gasteiger partial charge in [0.2, 0.25) is 5.91 Å².